The Morgan fingerprint density at radius 3 is 2.57 bits per heavy atom. The lowest BCUT2D eigenvalue weighted by Crippen LogP contribution is -2.36. The quantitative estimate of drug-likeness (QED) is 0.611. The largest absolute Gasteiger partial charge is 0.465 e. The topological polar surface area (TPSA) is 113 Å². The van der Waals surface area contributed by atoms with Crippen molar-refractivity contribution in [1.29, 1.82) is 5.26 Å². The van der Waals surface area contributed by atoms with E-state index in [1.165, 1.54) is 18.2 Å². The van der Waals surface area contributed by atoms with Gasteiger partial charge in [-0.3, -0.25) is 4.79 Å². The van der Waals surface area contributed by atoms with E-state index in [-0.39, 0.29) is 35.8 Å². The Kier molecular flexibility index (Phi) is 5.69. The van der Waals surface area contributed by atoms with Crippen molar-refractivity contribution in [2.24, 2.45) is 0 Å². The van der Waals surface area contributed by atoms with Crippen LogP contribution in [-0.4, -0.2) is 38.4 Å². The van der Waals surface area contributed by atoms with Crippen LogP contribution in [0.25, 0.3) is 0 Å². The molecule has 0 atom stereocenters. The summed E-state index contributed by atoms with van der Waals surface area (Å²) in [5.41, 5.74) is 5.92. The zero-order valence-corrected chi connectivity index (χ0v) is 12.7. The number of carbonyl (C=O) groups is 1. The number of hydrogen-bond donors (Lipinski definition) is 1. The Labute approximate surface area is 124 Å². The number of carbonyl (C=O) groups excluding carboxylic acids is 1. The number of likely N-dealkylation sites (N-methyl/N-ethyl adjacent to an activating group) is 1. The molecule has 0 aliphatic rings. The summed E-state index contributed by atoms with van der Waals surface area (Å²) in [4.78, 5) is 11.3. The average molecular weight is 311 g/mol. The zero-order chi connectivity index (χ0) is 16.0. The molecule has 0 spiro atoms. The molecule has 7 nitrogen and oxygen atoms in total. The Hall–Kier alpha value is -2.11. The van der Waals surface area contributed by atoms with Gasteiger partial charge in [0.2, 0.25) is 10.0 Å². The van der Waals surface area contributed by atoms with Gasteiger partial charge < -0.3 is 10.5 Å². The van der Waals surface area contributed by atoms with E-state index in [0.29, 0.717) is 0 Å². The molecule has 1 aromatic rings. The summed E-state index contributed by atoms with van der Waals surface area (Å²) in [5, 5.41) is 8.76. The van der Waals surface area contributed by atoms with E-state index in [4.69, 9.17) is 15.7 Å². The number of nitriles is 1. The molecule has 0 radical (unpaired) electrons. The Morgan fingerprint density at radius 1 is 1.43 bits per heavy atom. The maximum Gasteiger partial charge on any atom is 0.321 e. The molecule has 8 heteroatoms. The molecule has 114 valence electrons. The van der Waals surface area contributed by atoms with E-state index >= 15 is 0 Å². The first-order valence-corrected chi connectivity index (χ1v) is 7.76. The summed E-state index contributed by atoms with van der Waals surface area (Å²) in [6.07, 6.45) is 0. The number of nitrogens with two attached hydrogens (primary N) is 1. The number of anilines is 1. The Morgan fingerprint density at radius 2 is 2.10 bits per heavy atom. The molecule has 21 heavy (non-hydrogen) atoms. The number of ether oxygens (including phenoxy) is 1. The van der Waals surface area contributed by atoms with Gasteiger partial charge >= 0.3 is 5.97 Å². The van der Waals surface area contributed by atoms with Crippen molar-refractivity contribution in [2.75, 3.05) is 25.4 Å². The van der Waals surface area contributed by atoms with Crippen LogP contribution < -0.4 is 5.73 Å². The summed E-state index contributed by atoms with van der Waals surface area (Å²) in [7, 11) is -3.92. The minimum atomic E-state index is -3.92. The maximum atomic E-state index is 12.5. The van der Waals surface area contributed by atoms with Crippen LogP contribution in [0.4, 0.5) is 5.69 Å². The number of nitrogen functional groups attached to an aromatic ring is 1. The molecule has 0 fully saturated rings. The highest BCUT2D eigenvalue weighted by Gasteiger charge is 2.27. The van der Waals surface area contributed by atoms with Crippen LogP contribution in [0.3, 0.4) is 0 Å². The first kappa shape index (κ1) is 16.9. The van der Waals surface area contributed by atoms with Crippen LogP contribution >= 0.6 is 0 Å². The summed E-state index contributed by atoms with van der Waals surface area (Å²) < 4.78 is 30.7. The third-order valence-electron chi connectivity index (χ3n) is 2.72. The number of esters is 1. The molecule has 0 aromatic heterocycles. The van der Waals surface area contributed by atoms with E-state index in [0.717, 1.165) is 4.31 Å². The fourth-order valence-electron chi connectivity index (χ4n) is 1.71. The highest BCUT2D eigenvalue weighted by atomic mass is 32.2. The maximum absolute atomic E-state index is 12.5. The van der Waals surface area contributed by atoms with Crippen LogP contribution in [0.5, 0.6) is 0 Å². The van der Waals surface area contributed by atoms with Crippen LogP contribution in [0.15, 0.2) is 23.1 Å². The van der Waals surface area contributed by atoms with Gasteiger partial charge in [-0.25, -0.2) is 8.42 Å². The second-order valence-electron chi connectivity index (χ2n) is 4.10. The van der Waals surface area contributed by atoms with Crippen molar-refractivity contribution in [3.63, 3.8) is 0 Å². The number of rotatable bonds is 6. The Bertz CT molecular complexity index is 664. The van der Waals surface area contributed by atoms with E-state index in [1.807, 2.05) is 6.07 Å². The predicted molar refractivity (Wildman–Crippen MR) is 76.6 cm³/mol. The molecule has 0 aliphatic heterocycles. The van der Waals surface area contributed by atoms with Crippen molar-refractivity contribution in [3.8, 4) is 6.07 Å². The lowest BCUT2D eigenvalue weighted by atomic mass is 10.2. The van der Waals surface area contributed by atoms with Gasteiger partial charge in [-0.2, -0.15) is 9.57 Å². The van der Waals surface area contributed by atoms with Gasteiger partial charge in [0.25, 0.3) is 0 Å². The molecule has 0 aliphatic carbocycles. The molecular formula is C13H17N3O4S. The summed E-state index contributed by atoms with van der Waals surface area (Å²) in [6.45, 7) is 3.14. The number of sulfonamides is 1. The van der Waals surface area contributed by atoms with Crippen molar-refractivity contribution in [1.82, 2.24) is 4.31 Å². The van der Waals surface area contributed by atoms with Crippen LogP contribution in [0.1, 0.15) is 19.4 Å². The molecule has 0 amide bonds. The van der Waals surface area contributed by atoms with E-state index in [1.54, 1.807) is 13.8 Å². The van der Waals surface area contributed by atoms with E-state index < -0.39 is 16.0 Å². The molecule has 0 unspecified atom stereocenters. The number of benzene rings is 1. The van der Waals surface area contributed by atoms with Gasteiger partial charge in [0.05, 0.1) is 23.9 Å². The highest BCUT2D eigenvalue weighted by Crippen LogP contribution is 2.23. The average Bonchev–Trinajstić information content (AvgIpc) is 2.44. The molecule has 2 N–H and O–H groups in total. The second-order valence-corrected chi connectivity index (χ2v) is 6.01. The normalized spacial score (nSPS) is 11.1. The summed E-state index contributed by atoms with van der Waals surface area (Å²) in [5.74, 6) is -0.629. The summed E-state index contributed by atoms with van der Waals surface area (Å²) >= 11 is 0. The van der Waals surface area contributed by atoms with Crippen LogP contribution in [-0.2, 0) is 19.6 Å². The fraction of sp³-hybridized carbons (Fsp3) is 0.385. The Balaban J connectivity index is 3.13. The SMILES string of the molecule is CCOC(=O)CN(CC)S(=O)(=O)c1ccc(C#N)cc1N. The monoisotopic (exact) mass is 311 g/mol. The van der Waals surface area contributed by atoms with Crippen molar-refractivity contribution >= 4 is 21.7 Å². The van der Waals surface area contributed by atoms with Gasteiger partial charge in [-0.1, -0.05) is 6.92 Å². The first-order valence-electron chi connectivity index (χ1n) is 6.32. The van der Waals surface area contributed by atoms with Gasteiger partial charge in [0, 0.05) is 6.54 Å². The zero-order valence-electron chi connectivity index (χ0n) is 11.9. The van der Waals surface area contributed by atoms with Gasteiger partial charge in [-0.05, 0) is 25.1 Å². The van der Waals surface area contributed by atoms with Gasteiger partial charge in [0.1, 0.15) is 11.4 Å². The predicted octanol–water partition coefficient (Wildman–Crippen LogP) is 0.714. The molecule has 0 saturated heterocycles. The standard InChI is InChI=1S/C13H17N3O4S/c1-3-16(9-13(17)20-4-2)21(18,19)12-6-5-10(8-14)7-11(12)15/h5-7H,3-4,9,15H2,1-2H3. The highest BCUT2D eigenvalue weighted by molar-refractivity contribution is 7.89. The molecule has 1 rings (SSSR count). The van der Waals surface area contributed by atoms with Crippen molar-refractivity contribution < 1.29 is 17.9 Å². The minimum absolute atomic E-state index is 0.0311. The van der Waals surface area contributed by atoms with Crippen LogP contribution in [0, 0.1) is 11.3 Å². The molecule has 0 bridgehead atoms. The number of nitrogens with zero attached hydrogens (tertiary/aromatic N) is 2. The number of hydrogen-bond acceptors (Lipinski definition) is 6. The molecule has 0 heterocycles. The molecule has 0 saturated carbocycles. The van der Waals surface area contributed by atoms with Crippen molar-refractivity contribution in [2.45, 2.75) is 18.7 Å². The lowest BCUT2D eigenvalue weighted by Gasteiger charge is -2.20. The van der Waals surface area contributed by atoms with Gasteiger partial charge in [0.15, 0.2) is 0 Å². The third kappa shape index (κ3) is 3.93. The third-order valence-corrected chi connectivity index (χ3v) is 4.71. The van der Waals surface area contributed by atoms with Gasteiger partial charge in [-0.15, -0.1) is 0 Å². The molecular weight excluding hydrogens is 294 g/mol. The molecule has 1 aromatic carbocycles. The first-order chi connectivity index (χ1) is 9.86. The fourth-order valence-corrected chi connectivity index (χ4v) is 3.20. The van der Waals surface area contributed by atoms with Crippen molar-refractivity contribution in [3.05, 3.63) is 23.8 Å². The van der Waals surface area contributed by atoms with E-state index in [9.17, 15) is 13.2 Å². The smallest absolute Gasteiger partial charge is 0.321 e. The second kappa shape index (κ2) is 7.06. The summed E-state index contributed by atoms with van der Waals surface area (Å²) in [6, 6.07) is 5.78. The minimum Gasteiger partial charge on any atom is -0.465 e. The van der Waals surface area contributed by atoms with E-state index in [2.05, 4.69) is 0 Å². The van der Waals surface area contributed by atoms with Crippen LogP contribution in [0.2, 0.25) is 0 Å². The lowest BCUT2D eigenvalue weighted by molar-refractivity contribution is -0.143.